The summed E-state index contributed by atoms with van der Waals surface area (Å²) < 4.78 is 15.6. The molecule has 0 N–H and O–H groups in total. The molecule has 0 aromatic carbocycles. The van der Waals surface area contributed by atoms with Crippen molar-refractivity contribution < 1.29 is 19.0 Å². The van der Waals surface area contributed by atoms with Crippen LogP contribution in [-0.2, 0) is 19.0 Å². The molecule has 0 aromatic rings. The lowest BCUT2D eigenvalue weighted by molar-refractivity contribution is -0.168. The Bertz CT molecular complexity index is 204. The SMILES string of the molecule is CCCCOC(=O)C1(C)COC(C)O1. The third-order valence-corrected chi connectivity index (χ3v) is 2.18. The highest BCUT2D eigenvalue weighted by Crippen LogP contribution is 2.23. The molecular formula is C10H18O4. The summed E-state index contributed by atoms with van der Waals surface area (Å²) >= 11 is 0. The van der Waals surface area contributed by atoms with Gasteiger partial charge in [-0.1, -0.05) is 13.3 Å². The molecule has 4 heteroatoms. The average Bonchev–Trinajstić information content (AvgIpc) is 2.48. The van der Waals surface area contributed by atoms with E-state index in [0.717, 1.165) is 12.8 Å². The lowest BCUT2D eigenvalue weighted by atomic mass is 10.1. The van der Waals surface area contributed by atoms with Gasteiger partial charge in [0, 0.05) is 0 Å². The number of carbonyl (C=O) groups is 1. The maximum Gasteiger partial charge on any atom is 0.340 e. The van der Waals surface area contributed by atoms with Gasteiger partial charge in [0.25, 0.3) is 0 Å². The summed E-state index contributed by atoms with van der Waals surface area (Å²) in [6.45, 7) is 6.25. The minimum Gasteiger partial charge on any atom is -0.463 e. The van der Waals surface area contributed by atoms with E-state index in [0.29, 0.717) is 6.61 Å². The van der Waals surface area contributed by atoms with Crippen LogP contribution in [0.2, 0.25) is 0 Å². The molecule has 1 rings (SSSR count). The van der Waals surface area contributed by atoms with E-state index in [-0.39, 0.29) is 18.9 Å². The normalized spacial score (nSPS) is 31.8. The number of ether oxygens (including phenoxy) is 3. The summed E-state index contributed by atoms with van der Waals surface area (Å²) in [5.41, 5.74) is -0.910. The molecule has 2 unspecified atom stereocenters. The summed E-state index contributed by atoms with van der Waals surface area (Å²) in [5, 5.41) is 0. The molecule has 0 radical (unpaired) electrons. The van der Waals surface area contributed by atoms with Gasteiger partial charge in [0.05, 0.1) is 13.2 Å². The second-order valence-electron chi connectivity index (χ2n) is 3.72. The minimum atomic E-state index is -0.910. The largest absolute Gasteiger partial charge is 0.463 e. The van der Waals surface area contributed by atoms with Gasteiger partial charge in [0.2, 0.25) is 0 Å². The zero-order chi connectivity index (χ0) is 10.6. The van der Waals surface area contributed by atoms with Crippen molar-refractivity contribution in [3.63, 3.8) is 0 Å². The highest BCUT2D eigenvalue weighted by Gasteiger charge is 2.43. The van der Waals surface area contributed by atoms with Gasteiger partial charge < -0.3 is 14.2 Å². The molecular weight excluding hydrogens is 184 g/mol. The fraction of sp³-hybridized carbons (Fsp3) is 0.900. The Morgan fingerprint density at radius 1 is 1.64 bits per heavy atom. The van der Waals surface area contributed by atoms with Crippen molar-refractivity contribution in [3.05, 3.63) is 0 Å². The first kappa shape index (κ1) is 11.5. The van der Waals surface area contributed by atoms with E-state index in [4.69, 9.17) is 14.2 Å². The van der Waals surface area contributed by atoms with E-state index in [1.165, 1.54) is 0 Å². The smallest absolute Gasteiger partial charge is 0.340 e. The molecule has 1 aliphatic rings. The number of hydrogen-bond acceptors (Lipinski definition) is 4. The number of unbranched alkanes of at least 4 members (excludes halogenated alkanes) is 1. The molecule has 1 saturated heterocycles. The van der Waals surface area contributed by atoms with Crippen LogP contribution in [0.1, 0.15) is 33.6 Å². The molecule has 0 aromatic heterocycles. The van der Waals surface area contributed by atoms with E-state index >= 15 is 0 Å². The maximum absolute atomic E-state index is 11.6. The summed E-state index contributed by atoms with van der Waals surface area (Å²) in [6, 6.07) is 0. The van der Waals surface area contributed by atoms with Gasteiger partial charge in [-0.25, -0.2) is 4.79 Å². The van der Waals surface area contributed by atoms with E-state index in [1.807, 2.05) is 6.92 Å². The van der Waals surface area contributed by atoms with Gasteiger partial charge in [-0.15, -0.1) is 0 Å². The Hall–Kier alpha value is -0.610. The predicted molar refractivity (Wildman–Crippen MR) is 50.8 cm³/mol. The van der Waals surface area contributed by atoms with Crippen molar-refractivity contribution in [2.75, 3.05) is 13.2 Å². The molecule has 0 amide bonds. The predicted octanol–water partition coefficient (Wildman–Crippen LogP) is 1.48. The standard InChI is InChI=1S/C10H18O4/c1-4-5-6-12-9(11)10(3)7-13-8(2)14-10/h8H,4-7H2,1-3H3. The van der Waals surface area contributed by atoms with Gasteiger partial charge in [-0.05, 0) is 20.3 Å². The molecule has 14 heavy (non-hydrogen) atoms. The quantitative estimate of drug-likeness (QED) is 0.511. The highest BCUT2D eigenvalue weighted by atomic mass is 16.7. The monoisotopic (exact) mass is 202 g/mol. The van der Waals surface area contributed by atoms with Crippen molar-refractivity contribution in [1.29, 1.82) is 0 Å². The van der Waals surface area contributed by atoms with E-state index in [2.05, 4.69) is 0 Å². The van der Waals surface area contributed by atoms with Gasteiger partial charge in [-0.3, -0.25) is 0 Å². The van der Waals surface area contributed by atoms with Crippen LogP contribution >= 0.6 is 0 Å². The van der Waals surface area contributed by atoms with Crippen LogP contribution in [0.25, 0.3) is 0 Å². The first-order valence-corrected chi connectivity index (χ1v) is 5.05. The van der Waals surface area contributed by atoms with E-state index in [9.17, 15) is 4.79 Å². The van der Waals surface area contributed by atoms with Crippen LogP contribution in [-0.4, -0.2) is 31.1 Å². The van der Waals surface area contributed by atoms with E-state index < -0.39 is 5.60 Å². The molecule has 0 saturated carbocycles. The Morgan fingerprint density at radius 2 is 2.36 bits per heavy atom. The summed E-state index contributed by atoms with van der Waals surface area (Å²) in [5.74, 6) is -0.324. The minimum absolute atomic E-state index is 0.277. The zero-order valence-electron chi connectivity index (χ0n) is 9.04. The molecule has 82 valence electrons. The van der Waals surface area contributed by atoms with Crippen LogP contribution in [0.4, 0.5) is 0 Å². The van der Waals surface area contributed by atoms with Crippen LogP contribution in [0.5, 0.6) is 0 Å². The average molecular weight is 202 g/mol. The van der Waals surface area contributed by atoms with Crippen molar-refractivity contribution >= 4 is 5.97 Å². The third-order valence-electron chi connectivity index (χ3n) is 2.18. The number of hydrogen-bond donors (Lipinski definition) is 0. The van der Waals surface area contributed by atoms with Crippen molar-refractivity contribution in [2.24, 2.45) is 0 Å². The van der Waals surface area contributed by atoms with Gasteiger partial charge >= 0.3 is 5.97 Å². The zero-order valence-corrected chi connectivity index (χ0v) is 9.04. The van der Waals surface area contributed by atoms with Crippen LogP contribution in [0.3, 0.4) is 0 Å². The maximum atomic E-state index is 11.6. The van der Waals surface area contributed by atoms with Crippen molar-refractivity contribution in [2.45, 2.75) is 45.5 Å². The summed E-state index contributed by atoms with van der Waals surface area (Å²) in [7, 11) is 0. The third kappa shape index (κ3) is 2.69. The molecule has 4 nitrogen and oxygen atoms in total. The highest BCUT2D eigenvalue weighted by molar-refractivity contribution is 5.79. The molecule has 1 aliphatic heterocycles. The second-order valence-corrected chi connectivity index (χ2v) is 3.72. The Kier molecular flexibility index (Phi) is 3.89. The lowest BCUT2D eigenvalue weighted by Gasteiger charge is -2.19. The Labute approximate surface area is 84.5 Å². The molecule has 0 spiro atoms. The van der Waals surface area contributed by atoms with E-state index in [1.54, 1.807) is 13.8 Å². The molecule has 0 bridgehead atoms. The molecule has 2 atom stereocenters. The van der Waals surface area contributed by atoms with Crippen molar-refractivity contribution in [3.8, 4) is 0 Å². The fourth-order valence-electron chi connectivity index (χ4n) is 1.28. The molecule has 0 aliphatic carbocycles. The number of esters is 1. The molecule has 1 heterocycles. The van der Waals surface area contributed by atoms with Crippen LogP contribution in [0, 0.1) is 0 Å². The summed E-state index contributed by atoms with van der Waals surface area (Å²) in [4.78, 5) is 11.6. The summed E-state index contributed by atoms with van der Waals surface area (Å²) in [6.07, 6.45) is 1.58. The first-order valence-electron chi connectivity index (χ1n) is 5.05. The first-order chi connectivity index (χ1) is 6.58. The Morgan fingerprint density at radius 3 is 2.86 bits per heavy atom. The number of carbonyl (C=O) groups excluding carboxylic acids is 1. The van der Waals surface area contributed by atoms with Gasteiger partial charge in [0.1, 0.15) is 0 Å². The molecule has 1 fully saturated rings. The van der Waals surface area contributed by atoms with Gasteiger partial charge in [-0.2, -0.15) is 0 Å². The topological polar surface area (TPSA) is 44.8 Å². The van der Waals surface area contributed by atoms with Gasteiger partial charge in [0.15, 0.2) is 11.9 Å². The van der Waals surface area contributed by atoms with Crippen LogP contribution in [0.15, 0.2) is 0 Å². The Balaban J connectivity index is 2.36. The fourth-order valence-corrected chi connectivity index (χ4v) is 1.28. The lowest BCUT2D eigenvalue weighted by Crippen LogP contribution is -2.39. The van der Waals surface area contributed by atoms with Crippen molar-refractivity contribution in [1.82, 2.24) is 0 Å². The second kappa shape index (κ2) is 4.75. The number of rotatable bonds is 4. The van der Waals surface area contributed by atoms with Crippen LogP contribution < -0.4 is 0 Å².